The minimum absolute atomic E-state index is 0.126. The monoisotopic (exact) mass is 336 g/mol. The van der Waals surface area contributed by atoms with Crippen LogP contribution in [0.15, 0.2) is 30.3 Å². The number of carbonyl (C=O) groups is 1. The number of benzene rings is 1. The number of hydrogen-bond donors (Lipinski definition) is 0. The molecule has 4 rings (SSSR count). The highest BCUT2D eigenvalue weighted by atomic mass is 16.2. The summed E-state index contributed by atoms with van der Waals surface area (Å²) in [4.78, 5) is 26.3. The molecule has 0 atom stereocenters. The molecule has 25 heavy (non-hydrogen) atoms. The van der Waals surface area contributed by atoms with E-state index in [4.69, 9.17) is 4.98 Å². The smallest absolute Gasteiger partial charge is 0.253 e. The largest absolute Gasteiger partial charge is 0.353 e. The quantitative estimate of drug-likeness (QED) is 0.846. The number of aromatic nitrogens is 2. The van der Waals surface area contributed by atoms with E-state index in [0.29, 0.717) is 0 Å². The van der Waals surface area contributed by atoms with Crippen LogP contribution in [-0.2, 0) is 12.8 Å². The van der Waals surface area contributed by atoms with Crippen LogP contribution in [0.3, 0.4) is 0 Å². The summed E-state index contributed by atoms with van der Waals surface area (Å²) in [6.07, 6.45) is 4.59. The molecule has 2 heterocycles. The van der Waals surface area contributed by atoms with E-state index in [2.05, 4.69) is 9.88 Å². The first-order valence-electron chi connectivity index (χ1n) is 9.18. The Morgan fingerprint density at radius 1 is 0.960 bits per heavy atom. The number of nitrogens with zero attached hydrogens (tertiary/aromatic N) is 4. The van der Waals surface area contributed by atoms with E-state index in [1.54, 1.807) is 0 Å². The summed E-state index contributed by atoms with van der Waals surface area (Å²) < 4.78 is 0. The first kappa shape index (κ1) is 16.1. The number of fused-ring (bicyclic) bond motifs is 1. The first-order chi connectivity index (χ1) is 12.2. The summed E-state index contributed by atoms with van der Waals surface area (Å²) in [5.74, 6) is 2.09. The maximum atomic E-state index is 12.6. The van der Waals surface area contributed by atoms with Gasteiger partial charge in [-0.15, -0.1) is 0 Å². The average Bonchev–Trinajstić information content (AvgIpc) is 2.67. The second-order valence-corrected chi connectivity index (χ2v) is 6.87. The zero-order valence-corrected chi connectivity index (χ0v) is 14.7. The Kier molecular flexibility index (Phi) is 4.38. The fourth-order valence-corrected chi connectivity index (χ4v) is 3.84. The van der Waals surface area contributed by atoms with Gasteiger partial charge in [0.1, 0.15) is 11.6 Å². The second kappa shape index (κ2) is 6.82. The Morgan fingerprint density at radius 2 is 1.68 bits per heavy atom. The molecule has 1 aliphatic heterocycles. The van der Waals surface area contributed by atoms with Gasteiger partial charge in [-0.2, -0.15) is 0 Å². The molecule has 1 amide bonds. The van der Waals surface area contributed by atoms with Gasteiger partial charge in [0.25, 0.3) is 5.91 Å². The van der Waals surface area contributed by atoms with Crippen molar-refractivity contribution in [3.8, 4) is 0 Å². The Hall–Kier alpha value is -2.43. The number of hydrogen-bond acceptors (Lipinski definition) is 4. The van der Waals surface area contributed by atoms with Crippen LogP contribution in [0.2, 0.25) is 0 Å². The van der Waals surface area contributed by atoms with Crippen molar-refractivity contribution in [3.05, 3.63) is 53.0 Å². The van der Waals surface area contributed by atoms with Crippen LogP contribution in [-0.4, -0.2) is 47.0 Å². The summed E-state index contributed by atoms with van der Waals surface area (Å²) in [6, 6.07) is 9.55. The van der Waals surface area contributed by atoms with Gasteiger partial charge in [0.05, 0.1) is 0 Å². The molecule has 1 saturated heterocycles. The van der Waals surface area contributed by atoms with Crippen LogP contribution < -0.4 is 4.90 Å². The minimum atomic E-state index is 0.126. The lowest BCUT2D eigenvalue weighted by atomic mass is 9.96. The van der Waals surface area contributed by atoms with Crippen molar-refractivity contribution in [2.24, 2.45) is 0 Å². The summed E-state index contributed by atoms with van der Waals surface area (Å²) in [7, 11) is 0. The van der Waals surface area contributed by atoms with Crippen molar-refractivity contribution in [2.45, 2.75) is 32.6 Å². The van der Waals surface area contributed by atoms with E-state index in [0.717, 1.165) is 56.2 Å². The van der Waals surface area contributed by atoms with E-state index in [1.807, 2.05) is 42.2 Å². The summed E-state index contributed by atoms with van der Waals surface area (Å²) >= 11 is 0. The molecule has 1 aromatic carbocycles. The fraction of sp³-hybridized carbons (Fsp3) is 0.450. The molecule has 0 saturated carbocycles. The Bertz CT molecular complexity index is 767. The van der Waals surface area contributed by atoms with E-state index < -0.39 is 0 Å². The molecule has 1 aliphatic carbocycles. The molecule has 1 aromatic heterocycles. The molecular formula is C20H24N4O. The van der Waals surface area contributed by atoms with Crippen molar-refractivity contribution in [1.29, 1.82) is 0 Å². The van der Waals surface area contributed by atoms with Crippen LogP contribution in [0.25, 0.3) is 0 Å². The first-order valence-corrected chi connectivity index (χ1v) is 9.18. The predicted molar refractivity (Wildman–Crippen MR) is 98.0 cm³/mol. The van der Waals surface area contributed by atoms with E-state index in [1.165, 1.54) is 24.1 Å². The number of anilines is 1. The fourth-order valence-electron chi connectivity index (χ4n) is 3.84. The lowest BCUT2D eigenvalue weighted by Crippen LogP contribution is -2.49. The molecule has 0 N–H and O–H groups in total. The molecule has 130 valence electrons. The predicted octanol–water partition coefficient (Wildman–Crippen LogP) is 2.63. The van der Waals surface area contributed by atoms with Crippen molar-refractivity contribution in [1.82, 2.24) is 14.9 Å². The zero-order valence-electron chi connectivity index (χ0n) is 14.7. The average molecular weight is 336 g/mol. The van der Waals surface area contributed by atoms with Crippen molar-refractivity contribution >= 4 is 11.7 Å². The van der Waals surface area contributed by atoms with Gasteiger partial charge in [0, 0.05) is 43.0 Å². The third-order valence-corrected chi connectivity index (χ3v) is 5.16. The minimum Gasteiger partial charge on any atom is -0.353 e. The van der Waals surface area contributed by atoms with Gasteiger partial charge in [-0.1, -0.05) is 18.2 Å². The molecule has 0 radical (unpaired) electrons. The van der Waals surface area contributed by atoms with E-state index in [9.17, 15) is 4.79 Å². The van der Waals surface area contributed by atoms with Gasteiger partial charge in [0.15, 0.2) is 0 Å². The van der Waals surface area contributed by atoms with Crippen LogP contribution in [0, 0.1) is 6.92 Å². The number of rotatable bonds is 2. The Morgan fingerprint density at radius 3 is 2.44 bits per heavy atom. The van der Waals surface area contributed by atoms with Gasteiger partial charge < -0.3 is 9.80 Å². The Balaban J connectivity index is 1.49. The Labute approximate surface area is 148 Å². The molecule has 0 bridgehead atoms. The summed E-state index contributed by atoms with van der Waals surface area (Å²) in [5, 5.41) is 0. The summed E-state index contributed by atoms with van der Waals surface area (Å²) in [5.41, 5.74) is 3.34. The number of amides is 1. The van der Waals surface area contributed by atoms with Crippen molar-refractivity contribution in [3.63, 3.8) is 0 Å². The number of piperazine rings is 1. The SMILES string of the molecule is Cc1nc2c(c(N3CCN(C(=O)c4ccccc4)CC3)n1)CCCC2. The molecule has 5 nitrogen and oxygen atoms in total. The van der Waals surface area contributed by atoms with Crippen LogP contribution in [0.1, 0.15) is 40.3 Å². The van der Waals surface area contributed by atoms with E-state index in [-0.39, 0.29) is 5.91 Å². The molecule has 5 heteroatoms. The van der Waals surface area contributed by atoms with Gasteiger partial charge in [-0.3, -0.25) is 4.79 Å². The highest BCUT2D eigenvalue weighted by Crippen LogP contribution is 2.28. The maximum absolute atomic E-state index is 12.6. The third kappa shape index (κ3) is 3.23. The second-order valence-electron chi connectivity index (χ2n) is 6.87. The van der Waals surface area contributed by atoms with Gasteiger partial charge in [0.2, 0.25) is 0 Å². The highest BCUT2D eigenvalue weighted by molar-refractivity contribution is 5.94. The third-order valence-electron chi connectivity index (χ3n) is 5.16. The molecular weight excluding hydrogens is 312 g/mol. The van der Waals surface area contributed by atoms with Crippen molar-refractivity contribution in [2.75, 3.05) is 31.1 Å². The van der Waals surface area contributed by atoms with Crippen LogP contribution in [0.4, 0.5) is 5.82 Å². The van der Waals surface area contributed by atoms with Gasteiger partial charge in [-0.05, 0) is 44.7 Å². The number of aryl methyl sites for hydroxylation is 2. The zero-order chi connectivity index (χ0) is 17.2. The highest BCUT2D eigenvalue weighted by Gasteiger charge is 2.26. The lowest BCUT2D eigenvalue weighted by Gasteiger charge is -2.37. The van der Waals surface area contributed by atoms with Crippen LogP contribution in [0.5, 0.6) is 0 Å². The molecule has 0 unspecified atom stereocenters. The van der Waals surface area contributed by atoms with Gasteiger partial charge in [-0.25, -0.2) is 9.97 Å². The lowest BCUT2D eigenvalue weighted by molar-refractivity contribution is 0.0746. The molecule has 2 aliphatic rings. The molecule has 2 aromatic rings. The molecule has 0 spiro atoms. The maximum Gasteiger partial charge on any atom is 0.253 e. The van der Waals surface area contributed by atoms with E-state index >= 15 is 0 Å². The van der Waals surface area contributed by atoms with Gasteiger partial charge >= 0.3 is 0 Å². The topological polar surface area (TPSA) is 49.3 Å². The number of carbonyl (C=O) groups excluding carboxylic acids is 1. The van der Waals surface area contributed by atoms with Crippen LogP contribution >= 0.6 is 0 Å². The summed E-state index contributed by atoms with van der Waals surface area (Å²) in [6.45, 7) is 5.13. The molecule has 1 fully saturated rings. The normalized spacial score (nSPS) is 17.3. The van der Waals surface area contributed by atoms with Crippen molar-refractivity contribution < 1.29 is 4.79 Å². The standard InChI is InChI=1S/C20H24N4O/c1-15-21-18-10-6-5-9-17(18)19(22-15)23-11-13-24(14-12-23)20(25)16-7-3-2-4-8-16/h2-4,7-8H,5-6,9-14H2,1H3.